The molecule has 3 heterocycles. The van der Waals surface area contributed by atoms with E-state index >= 15 is 0 Å². The molecule has 32 heavy (non-hydrogen) atoms. The molecule has 3 rings (SSSR count). The number of likely N-dealkylation sites (tertiary alicyclic amines) is 1. The highest BCUT2D eigenvalue weighted by molar-refractivity contribution is 5.98. The highest BCUT2D eigenvalue weighted by Gasteiger charge is 2.79. The standard InChI is InChI=1S/C24H38N2O6/c1-5-9-10-14-25(13-6-2)21(29)19-24-12-11-23(8-4,32-24)18(22(30)31)17(24)20(28)26(19)16(7-3)15-27/h6,16-19,27H,2,5,7-15H2,1,3-4H3,(H,30,31)/t16-,17-,18-,19?,23+,24?/m0/s1. The number of ether oxygens (including phenoxy) is 1. The Bertz CT molecular complexity index is 753. The fourth-order valence-electron chi connectivity index (χ4n) is 6.29. The van der Waals surface area contributed by atoms with Crippen LogP contribution >= 0.6 is 0 Å². The first-order valence-corrected chi connectivity index (χ1v) is 12.0. The molecule has 2 N–H and O–H groups in total. The van der Waals surface area contributed by atoms with Gasteiger partial charge in [0.2, 0.25) is 11.8 Å². The van der Waals surface area contributed by atoms with Crippen molar-refractivity contribution >= 4 is 17.8 Å². The van der Waals surface area contributed by atoms with Gasteiger partial charge in [-0.3, -0.25) is 14.4 Å². The first-order chi connectivity index (χ1) is 15.3. The molecule has 1 spiro atoms. The Morgan fingerprint density at radius 1 is 1.31 bits per heavy atom. The maximum Gasteiger partial charge on any atom is 0.310 e. The molecule has 0 aromatic heterocycles. The topological polar surface area (TPSA) is 107 Å². The minimum Gasteiger partial charge on any atom is -0.481 e. The average Bonchev–Trinajstić information content (AvgIpc) is 3.38. The van der Waals surface area contributed by atoms with E-state index in [2.05, 4.69) is 13.5 Å². The van der Waals surface area contributed by atoms with E-state index in [0.717, 1.165) is 19.3 Å². The van der Waals surface area contributed by atoms with Crippen LogP contribution in [-0.2, 0) is 19.1 Å². The molecule has 0 aliphatic carbocycles. The van der Waals surface area contributed by atoms with Gasteiger partial charge in [-0.05, 0) is 32.1 Å². The molecule has 0 radical (unpaired) electrons. The van der Waals surface area contributed by atoms with Crippen LogP contribution < -0.4 is 0 Å². The number of carbonyl (C=O) groups excluding carboxylic acids is 2. The number of aliphatic carboxylic acids is 1. The summed E-state index contributed by atoms with van der Waals surface area (Å²) in [6.45, 7) is 10.2. The Kier molecular flexibility index (Phi) is 7.34. The van der Waals surface area contributed by atoms with Gasteiger partial charge >= 0.3 is 5.97 Å². The largest absolute Gasteiger partial charge is 0.481 e. The molecule has 0 saturated carbocycles. The number of hydrogen-bond acceptors (Lipinski definition) is 5. The van der Waals surface area contributed by atoms with Crippen LogP contribution in [0.3, 0.4) is 0 Å². The Hall–Kier alpha value is -1.93. The number of aliphatic hydroxyl groups is 1. The molecule has 2 amide bonds. The van der Waals surface area contributed by atoms with Crippen molar-refractivity contribution in [1.29, 1.82) is 0 Å². The van der Waals surface area contributed by atoms with E-state index in [-0.39, 0.29) is 18.4 Å². The van der Waals surface area contributed by atoms with Crippen LogP contribution in [0, 0.1) is 11.8 Å². The van der Waals surface area contributed by atoms with Gasteiger partial charge in [0.05, 0.1) is 24.2 Å². The number of aliphatic hydroxyl groups excluding tert-OH is 1. The Labute approximate surface area is 190 Å². The fraction of sp³-hybridized carbons (Fsp3) is 0.792. The van der Waals surface area contributed by atoms with E-state index in [9.17, 15) is 24.6 Å². The molecule has 0 aromatic rings. The second-order valence-corrected chi connectivity index (χ2v) is 9.44. The number of unbranched alkanes of at least 4 members (excludes halogenated alkanes) is 2. The smallest absolute Gasteiger partial charge is 0.310 e. The van der Waals surface area contributed by atoms with Crippen LogP contribution in [0.1, 0.15) is 65.7 Å². The van der Waals surface area contributed by atoms with Crippen molar-refractivity contribution in [2.75, 3.05) is 19.7 Å². The van der Waals surface area contributed by atoms with Crippen LogP contribution in [0.5, 0.6) is 0 Å². The SMILES string of the molecule is C=CCN(CCCCC)C(=O)C1N([C@@H](CC)CO)C(=O)[C@@H]2[C@@H](C(=O)O)[C@@]3(CC)CCC12O3. The number of hydrogen-bond donors (Lipinski definition) is 2. The van der Waals surface area contributed by atoms with E-state index in [1.165, 1.54) is 4.90 Å². The fourth-order valence-corrected chi connectivity index (χ4v) is 6.29. The zero-order chi connectivity index (χ0) is 23.7. The van der Waals surface area contributed by atoms with E-state index in [1.54, 1.807) is 11.0 Å². The summed E-state index contributed by atoms with van der Waals surface area (Å²) in [6.07, 6.45) is 6.41. The van der Waals surface area contributed by atoms with Gasteiger partial charge in [-0.25, -0.2) is 0 Å². The second kappa shape index (κ2) is 9.51. The van der Waals surface area contributed by atoms with Gasteiger partial charge in [0, 0.05) is 13.1 Å². The molecule has 180 valence electrons. The van der Waals surface area contributed by atoms with E-state index < -0.39 is 41.1 Å². The van der Waals surface area contributed by atoms with Crippen LogP contribution in [0.15, 0.2) is 12.7 Å². The quantitative estimate of drug-likeness (QED) is 0.349. The zero-order valence-corrected chi connectivity index (χ0v) is 19.6. The van der Waals surface area contributed by atoms with Crippen LogP contribution in [0.4, 0.5) is 0 Å². The number of fused-ring (bicyclic) bond motifs is 1. The lowest BCUT2D eigenvalue weighted by Crippen LogP contribution is -2.59. The van der Waals surface area contributed by atoms with Gasteiger partial charge in [-0.15, -0.1) is 6.58 Å². The van der Waals surface area contributed by atoms with Gasteiger partial charge < -0.3 is 24.7 Å². The predicted molar refractivity (Wildman–Crippen MR) is 119 cm³/mol. The number of carboxylic acids is 1. The maximum atomic E-state index is 14.0. The minimum atomic E-state index is -1.17. The van der Waals surface area contributed by atoms with Crippen molar-refractivity contribution in [1.82, 2.24) is 9.80 Å². The van der Waals surface area contributed by atoms with Crippen molar-refractivity contribution in [2.45, 2.75) is 89.0 Å². The van der Waals surface area contributed by atoms with E-state index in [0.29, 0.717) is 38.8 Å². The Balaban J connectivity index is 2.08. The molecule has 8 nitrogen and oxygen atoms in total. The Morgan fingerprint density at radius 3 is 2.56 bits per heavy atom. The van der Waals surface area contributed by atoms with E-state index in [1.807, 2.05) is 13.8 Å². The van der Waals surface area contributed by atoms with Crippen LogP contribution in [0.2, 0.25) is 0 Å². The summed E-state index contributed by atoms with van der Waals surface area (Å²) in [5, 5.41) is 20.1. The third-order valence-electron chi connectivity index (χ3n) is 7.89. The highest BCUT2D eigenvalue weighted by atomic mass is 16.5. The van der Waals surface area contributed by atoms with Gasteiger partial charge in [0.25, 0.3) is 0 Å². The third-order valence-corrected chi connectivity index (χ3v) is 7.89. The molecule has 2 bridgehead atoms. The molecular formula is C24H38N2O6. The van der Waals surface area contributed by atoms with E-state index in [4.69, 9.17) is 4.74 Å². The van der Waals surface area contributed by atoms with Crippen molar-refractivity contribution in [3.63, 3.8) is 0 Å². The molecular weight excluding hydrogens is 412 g/mol. The average molecular weight is 451 g/mol. The third kappa shape index (κ3) is 3.55. The summed E-state index contributed by atoms with van der Waals surface area (Å²) in [4.78, 5) is 43.2. The number of nitrogens with zero attached hydrogens (tertiary/aromatic N) is 2. The highest BCUT2D eigenvalue weighted by Crippen LogP contribution is 2.64. The lowest BCUT2D eigenvalue weighted by Gasteiger charge is -2.39. The molecule has 8 heteroatoms. The van der Waals surface area contributed by atoms with Gasteiger partial charge in [0.1, 0.15) is 17.6 Å². The van der Waals surface area contributed by atoms with Gasteiger partial charge in [0.15, 0.2) is 0 Å². The second-order valence-electron chi connectivity index (χ2n) is 9.44. The first kappa shape index (κ1) is 24.7. The molecule has 3 aliphatic rings. The molecule has 3 fully saturated rings. The molecule has 3 aliphatic heterocycles. The summed E-state index contributed by atoms with van der Waals surface area (Å²) < 4.78 is 6.52. The molecule has 0 aromatic carbocycles. The minimum absolute atomic E-state index is 0.235. The van der Waals surface area contributed by atoms with Crippen molar-refractivity contribution in [2.24, 2.45) is 11.8 Å². The summed E-state index contributed by atoms with van der Waals surface area (Å²) >= 11 is 0. The lowest BCUT2D eigenvalue weighted by atomic mass is 9.65. The monoisotopic (exact) mass is 450 g/mol. The van der Waals surface area contributed by atoms with Crippen molar-refractivity contribution in [3.05, 3.63) is 12.7 Å². The molecule has 6 atom stereocenters. The predicted octanol–water partition coefficient (Wildman–Crippen LogP) is 2.20. The number of amides is 2. The Morgan fingerprint density at radius 2 is 2.03 bits per heavy atom. The molecule has 2 unspecified atom stereocenters. The number of rotatable bonds is 12. The van der Waals surface area contributed by atoms with Crippen LogP contribution in [-0.4, -0.2) is 80.8 Å². The summed E-state index contributed by atoms with van der Waals surface area (Å²) in [6, 6.07) is -1.50. The first-order valence-electron chi connectivity index (χ1n) is 12.0. The number of carbonyl (C=O) groups is 3. The zero-order valence-electron chi connectivity index (χ0n) is 19.6. The lowest BCUT2D eigenvalue weighted by molar-refractivity contribution is -0.160. The summed E-state index contributed by atoms with van der Waals surface area (Å²) in [5.41, 5.74) is -2.09. The normalized spacial score (nSPS) is 33.9. The number of carboxylic acid groups (broad SMARTS) is 1. The van der Waals surface area contributed by atoms with Crippen molar-refractivity contribution < 1.29 is 29.3 Å². The maximum absolute atomic E-state index is 14.0. The van der Waals surface area contributed by atoms with Crippen molar-refractivity contribution in [3.8, 4) is 0 Å². The van der Waals surface area contributed by atoms with Gasteiger partial charge in [-0.1, -0.05) is 39.7 Å². The summed E-state index contributed by atoms with van der Waals surface area (Å²) in [5.74, 6) is -3.56. The summed E-state index contributed by atoms with van der Waals surface area (Å²) in [7, 11) is 0. The van der Waals surface area contributed by atoms with Crippen LogP contribution in [0.25, 0.3) is 0 Å². The van der Waals surface area contributed by atoms with Gasteiger partial charge in [-0.2, -0.15) is 0 Å². The molecule has 3 saturated heterocycles.